The summed E-state index contributed by atoms with van der Waals surface area (Å²) >= 11 is 0. The molecular formula is C8H15NO3. The van der Waals surface area contributed by atoms with Gasteiger partial charge in [-0.2, -0.15) is 0 Å². The Hall–Kier alpha value is -1.06. The zero-order chi connectivity index (χ0) is 9.56. The highest BCUT2D eigenvalue weighted by Crippen LogP contribution is 1.98. The van der Waals surface area contributed by atoms with Crippen LogP contribution in [0.4, 0.5) is 0 Å². The molecule has 1 amide bonds. The number of esters is 1. The highest BCUT2D eigenvalue weighted by molar-refractivity contribution is 5.78. The van der Waals surface area contributed by atoms with Crippen LogP contribution >= 0.6 is 0 Å². The van der Waals surface area contributed by atoms with E-state index in [0.717, 1.165) is 6.42 Å². The zero-order valence-corrected chi connectivity index (χ0v) is 7.72. The fourth-order valence-electron chi connectivity index (χ4n) is 0.568. The van der Waals surface area contributed by atoms with E-state index in [1.807, 2.05) is 13.8 Å². The predicted molar refractivity (Wildman–Crippen MR) is 44.2 cm³/mol. The Kier molecular flexibility index (Phi) is 5.08. The monoisotopic (exact) mass is 173 g/mol. The van der Waals surface area contributed by atoms with Gasteiger partial charge < -0.3 is 10.1 Å². The smallest absolute Gasteiger partial charge is 0.304 e. The molecule has 0 aromatic rings. The van der Waals surface area contributed by atoms with Crippen molar-refractivity contribution in [3.05, 3.63) is 0 Å². The first-order valence-corrected chi connectivity index (χ1v) is 3.99. The third kappa shape index (κ3) is 4.71. The number of amides is 1. The third-order valence-electron chi connectivity index (χ3n) is 1.58. The SMILES string of the molecule is CCC(C)C(=O)NCOC(C)=O. The molecule has 70 valence electrons. The summed E-state index contributed by atoms with van der Waals surface area (Å²) in [5.41, 5.74) is 0. The topological polar surface area (TPSA) is 55.4 Å². The van der Waals surface area contributed by atoms with Gasteiger partial charge in [0.05, 0.1) is 0 Å². The number of hydrogen-bond acceptors (Lipinski definition) is 3. The third-order valence-corrected chi connectivity index (χ3v) is 1.58. The Morgan fingerprint density at radius 1 is 1.50 bits per heavy atom. The zero-order valence-electron chi connectivity index (χ0n) is 7.72. The van der Waals surface area contributed by atoms with Crippen LogP contribution in [-0.2, 0) is 14.3 Å². The van der Waals surface area contributed by atoms with Gasteiger partial charge in [0.1, 0.15) is 0 Å². The summed E-state index contributed by atoms with van der Waals surface area (Å²) in [5, 5.41) is 2.48. The lowest BCUT2D eigenvalue weighted by molar-refractivity contribution is -0.143. The maximum Gasteiger partial charge on any atom is 0.304 e. The van der Waals surface area contributed by atoms with E-state index in [4.69, 9.17) is 0 Å². The van der Waals surface area contributed by atoms with Crippen molar-refractivity contribution in [2.45, 2.75) is 27.2 Å². The molecule has 0 aromatic heterocycles. The normalized spacial score (nSPS) is 11.9. The summed E-state index contributed by atoms with van der Waals surface area (Å²) in [6.45, 7) is 5.02. The van der Waals surface area contributed by atoms with Gasteiger partial charge in [0.25, 0.3) is 0 Å². The molecule has 0 saturated heterocycles. The summed E-state index contributed by atoms with van der Waals surface area (Å²) in [4.78, 5) is 21.3. The van der Waals surface area contributed by atoms with Crippen molar-refractivity contribution in [3.8, 4) is 0 Å². The van der Waals surface area contributed by atoms with E-state index in [1.54, 1.807) is 0 Å². The van der Waals surface area contributed by atoms with Gasteiger partial charge in [-0.05, 0) is 6.42 Å². The minimum Gasteiger partial charge on any atom is -0.445 e. The van der Waals surface area contributed by atoms with E-state index >= 15 is 0 Å². The summed E-state index contributed by atoms with van der Waals surface area (Å²) in [6.07, 6.45) is 0.784. The second kappa shape index (κ2) is 5.57. The molecule has 4 nitrogen and oxygen atoms in total. The first-order chi connectivity index (χ1) is 5.57. The number of carbonyl (C=O) groups is 2. The van der Waals surface area contributed by atoms with E-state index in [9.17, 15) is 9.59 Å². The van der Waals surface area contributed by atoms with Crippen molar-refractivity contribution in [2.24, 2.45) is 5.92 Å². The second-order valence-corrected chi connectivity index (χ2v) is 2.63. The predicted octanol–water partition coefficient (Wildman–Crippen LogP) is 0.669. The largest absolute Gasteiger partial charge is 0.445 e. The first kappa shape index (κ1) is 10.9. The second-order valence-electron chi connectivity index (χ2n) is 2.63. The van der Waals surface area contributed by atoms with Crippen LogP contribution < -0.4 is 5.32 Å². The van der Waals surface area contributed by atoms with Crippen molar-refractivity contribution in [1.29, 1.82) is 0 Å². The summed E-state index contributed by atoms with van der Waals surface area (Å²) in [6, 6.07) is 0. The first-order valence-electron chi connectivity index (χ1n) is 3.99. The van der Waals surface area contributed by atoms with Gasteiger partial charge in [-0.25, -0.2) is 0 Å². The van der Waals surface area contributed by atoms with Gasteiger partial charge in [-0.15, -0.1) is 0 Å². The molecule has 0 bridgehead atoms. The van der Waals surface area contributed by atoms with Crippen LogP contribution in [0.2, 0.25) is 0 Å². The average molecular weight is 173 g/mol. The van der Waals surface area contributed by atoms with Gasteiger partial charge in [-0.1, -0.05) is 13.8 Å². The molecule has 1 unspecified atom stereocenters. The lowest BCUT2D eigenvalue weighted by Crippen LogP contribution is -2.31. The highest BCUT2D eigenvalue weighted by Gasteiger charge is 2.09. The number of nitrogens with one attached hydrogen (secondary N) is 1. The van der Waals surface area contributed by atoms with E-state index in [2.05, 4.69) is 10.1 Å². The van der Waals surface area contributed by atoms with E-state index in [0.29, 0.717) is 0 Å². The lowest BCUT2D eigenvalue weighted by Gasteiger charge is -2.08. The van der Waals surface area contributed by atoms with Gasteiger partial charge in [-0.3, -0.25) is 9.59 Å². The van der Waals surface area contributed by atoms with Crippen LogP contribution in [0.5, 0.6) is 0 Å². The average Bonchev–Trinajstić information content (AvgIpc) is 2.02. The van der Waals surface area contributed by atoms with Gasteiger partial charge in [0.15, 0.2) is 6.73 Å². The maximum atomic E-state index is 11.1. The molecule has 0 saturated carbocycles. The Bertz CT molecular complexity index is 168. The summed E-state index contributed by atoms with van der Waals surface area (Å²) in [5.74, 6) is -0.501. The minimum atomic E-state index is -0.389. The molecule has 12 heavy (non-hydrogen) atoms. The molecule has 0 spiro atoms. The van der Waals surface area contributed by atoms with Crippen LogP contribution in [0.15, 0.2) is 0 Å². The molecule has 0 radical (unpaired) electrons. The minimum absolute atomic E-state index is 0.0273. The van der Waals surface area contributed by atoms with E-state index in [1.165, 1.54) is 6.92 Å². The van der Waals surface area contributed by atoms with Crippen molar-refractivity contribution >= 4 is 11.9 Å². The summed E-state index contributed by atoms with van der Waals surface area (Å²) < 4.78 is 4.54. The van der Waals surface area contributed by atoms with Crippen molar-refractivity contribution < 1.29 is 14.3 Å². The highest BCUT2D eigenvalue weighted by atomic mass is 16.5. The van der Waals surface area contributed by atoms with Crippen LogP contribution in [0.3, 0.4) is 0 Å². The van der Waals surface area contributed by atoms with Gasteiger partial charge >= 0.3 is 5.97 Å². The molecule has 0 heterocycles. The van der Waals surface area contributed by atoms with Crippen LogP contribution in [0.1, 0.15) is 27.2 Å². The molecule has 0 aliphatic carbocycles. The van der Waals surface area contributed by atoms with Gasteiger partial charge in [0, 0.05) is 12.8 Å². The molecule has 0 aliphatic heterocycles. The van der Waals surface area contributed by atoms with Crippen LogP contribution in [-0.4, -0.2) is 18.6 Å². The Morgan fingerprint density at radius 3 is 2.50 bits per heavy atom. The molecule has 1 N–H and O–H groups in total. The Balaban J connectivity index is 3.50. The maximum absolute atomic E-state index is 11.1. The lowest BCUT2D eigenvalue weighted by atomic mass is 10.1. The fourth-order valence-corrected chi connectivity index (χ4v) is 0.568. The molecule has 0 aliphatic rings. The molecule has 0 rings (SSSR count). The number of rotatable bonds is 4. The van der Waals surface area contributed by atoms with Crippen molar-refractivity contribution in [1.82, 2.24) is 5.32 Å². The van der Waals surface area contributed by atoms with E-state index in [-0.39, 0.29) is 24.5 Å². The summed E-state index contributed by atoms with van der Waals surface area (Å²) in [7, 11) is 0. The quantitative estimate of drug-likeness (QED) is 0.502. The molecular weight excluding hydrogens is 158 g/mol. The van der Waals surface area contributed by atoms with Crippen molar-refractivity contribution in [3.63, 3.8) is 0 Å². The molecule has 0 aromatic carbocycles. The number of carbonyl (C=O) groups excluding carboxylic acids is 2. The Labute approximate surface area is 72.3 Å². The number of ether oxygens (including phenoxy) is 1. The molecule has 4 heteroatoms. The Morgan fingerprint density at radius 2 is 2.08 bits per heavy atom. The number of hydrogen-bond donors (Lipinski definition) is 1. The van der Waals surface area contributed by atoms with E-state index < -0.39 is 0 Å². The van der Waals surface area contributed by atoms with Crippen LogP contribution in [0.25, 0.3) is 0 Å². The van der Waals surface area contributed by atoms with Crippen LogP contribution in [0, 0.1) is 5.92 Å². The molecule has 0 fully saturated rings. The van der Waals surface area contributed by atoms with Gasteiger partial charge in [0.2, 0.25) is 5.91 Å². The standard InChI is InChI=1S/C8H15NO3/c1-4-6(2)8(11)9-5-12-7(3)10/h6H,4-5H2,1-3H3,(H,9,11). The molecule has 1 atom stereocenters. The fraction of sp³-hybridized carbons (Fsp3) is 0.750. The van der Waals surface area contributed by atoms with Crippen molar-refractivity contribution in [2.75, 3.05) is 6.73 Å².